The maximum atomic E-state index is 13.2. The van der Waals surface area contributed by atoms with Crippen LogP contribution in [-0.2, 0) is 65.4 Å². The zero-order valence-electron chi connectivity index (χ0n) is 70.8. The molecule has 0 aromatic rings. The van der Waals surface area contributed by atoms with Gasteiger partial charge in [0.05, 0.1) is 26.4 Å². The van der Waals surface area contributed by atoms with Crippen LogP contribution in [0.3, 0.4) is 0 Å². The van der Waals surface area contributed by atoms with E-state index in [1.165, 1.54) is 263 Å². The van der Waals surface area contributed by atoms with E-state index in [0.29, 0.717) is 25.7 Å². The number of aliphatic hydroxyl groups excluding tert-OH is 1. The van der Waals surface area contributed by atoms with Crippen LogP contribution >= 0.6 is 15.6 Å². The molecule has 3 N–H and O–H groups in total. The maximum absolute atomic E-state index is 13.2. The molecule has 0 fully saturated rings. The number of hydrogen-bond acceptors (Lipinski definition) is 15. The lowest BCUT2D eigenvalue weighted by molar-refractivity contribution is -0.161. The number of ether oxygens (including phenoxy) is 4. The molecule has 0 aliphatic heterocycles. The zero-order valence-corrected chi connectivity index (χ0v) is 72.6. The molecule has 0 radical (unpaired) electrons. The monoisotopic (exact) mass is 1560 g/mol. The Morgan fingerprint density at radius 1 is 0.262 bits per heavy atom. The molecule has 0 aromatic heterocycles. The van der Waals surface area contributed by atoms with Gasteiger partial charge < -0.3 is 33.8 Å². The van der Waals surface area contributed by atoms with Gasteiger partial charge in [-0.2, -0.15) is 0 Å². The Morgan fingerprint density at radius 3 is 0.664 bits per heavy atom. The highest BCUT2D eigenvalue weighted by molar-refractivity contribution is 7.47. The van der Waals surface area contributed by atoms with Crippen LogP contribution in [0.15, 0.2) is 0 Å². The molecule has 3 unspecified atom stereocenters. The minimum atomic E-state index is -4.97. The molecule has 6 atom stereocenters. The van der Waals surface area contributed by atoms with Gasteiger partial charge in [-0.3, -0.25) is 37.3 Å². The molecule has 0 aliphatic carbocycles. The number of unbranched alkanes of at least 4 members (excludes halogenated alkanes) is 50. The molecule has 17 nitrogen and oxygen atoms in total. The Hall–Kier alpha value is -1.94. The molecule has 0 heterocycles. The lowest BCUT2D eigenvalue weighted by atomic mass is 9.99. The number of hydrogen-bond donors (Lipinski definition) is 3. The first-order chi connectivity index (χ1) is 51.6. The number of esters is 4. The van der Waals surface area contributed by atoms with E-state index in [4.69, 9.17) is 37.0 Å². The molecule has 0 rings (SSSR count). The van der Waals surface area contributed by atoms with Crippen LogP contribution in [-0.4, -0.2) is 96.7 Å². The van der Waals surface area contributed by atoms with Gasteiger partial charge in [0.25, 0.3) is 0 Å². The molecule has 0 amide bonds. The number of aliphatic hydroxyl groups is 1. The lowest BCUT2D eigenvalue weighted by Crippen LogP contribution is -2.30. The van der Waals surface area contributed by atoms with Gasteiger partial charge in [0, 0.05) is 25.7 Å². The lowest BCUT2D eigenvalue weighted by Gasteiger charge is -2.21. The minimum absolute atomic E-state index is 0.107. The number of carbonyl (C=O) groups is 4. The fourth-order valence-corrected chi connectivity index (χ4v) is 15.2. The van der Waals surface area contributed by atoms with Gasteiger partial charge in [0.15, 0.2) is 12.2 Å². The number of phosphoric acid groups is 2. The highest BCUT2D eigenvalue weighted by atomic mass is 31.2. The van der Waals surface area contributed by atoms with Crippen molar-refractivity contribution >= 4 is 39.5 Å². The summed E-state index contributed by atoms with van der Waals surface area (Å²) in [6, 6.07) is 0. The molecule has 0 saturated heterocycles. The Labute approximate surface area is 658 Å². The minimum Gasteiger partial charge on any atom is -0.462 e. The van der Waals surface area contributed by atoms with Crippen molar-refractivity contribution in [2.24, 2.45) is 23.7 Å². The van der Waals surface area contributed by atoms with E-state index < -0.39 is 97.5 Å². The van der Waals surface area contributed by atoms with Gasteiger partial charge in [-0.25, -0.2) is 9.13 Å². The second kappa shape index (κ2) is 76.7. The third-order valence-corrected chi connectivity index (χ3v) is 22.8. The molecule has 107 heavy (non-hydrogen) atoms. The summed E-state index contributed by atoms with van der Waals surface area (Å²) in [6.07, 6.45) is 66.6. The maximum Gasteiger partial charge on any atom is 0.472 e. The van der Waals surface area contributed by atoms with Crippen molar-refractivity contribution in [3.63, 3.8) is 0 Å². The van der Waals surface area contributed by atoms with Gasteiger partial charge in [-0.05, 0) is 49.4 Å². The van der Waals surface area contributed by atoms with Crippen LogP contribution in [0.25, 0.3) is 0 Å². The van der Waals surface area contributed by atoms with Gasteiger partial charge in [-0.1, -0.05) is 409 Å². The van der Waals surface area contributed by atoms with E-state index in [-0.39, 0.29) is 25.7 Å². The molecule has 0 spiro atoms. The fourth-order valence-electron chi connectivity index (χ4n) is 13.6. The van der Waals surface area contributed by atoms with Gasteiger partial charge in [0.1, 0.15) is 19.3 Å². The summed E-state index contributed by atoms with van der Waals surface area (Å²) >= 11 is 0. The van der Waals surface area contributed by atoms with E-state index in [1.807, 2.05) is 0 Å². The third-order valence-electron chi connectivity index (χ3n) is 20.9. The molecule has 636 valence electrons. The normalized spacial score (nSPS) is 14.1. The molecular formula is C88H172O17P2. The predicted octanol–water partition coefficient (Wildman–Crippen LogP) is 26.7. The Bertz CT molecular complexity index is 2080. The Kier molecular flexibility index (Phi) is 75.3. The van der Waals surface area contributed by atoms with Gasteiger partial charge in [-0.15, -0.1) is 0 Å². The highest BCUT2D eigenvalue weighted by Gasteiger charge is 2.31. The third kappa shape index (κ3) is 80.5. The van der Waals surface area contributed by atoms with Crippen LogP contribution < -0.4 is 0 Å². The number of rotatable bonds is 85. The van der Waals surface area contributed by atoms with E-state index in [0.717, 1.165) is 114 Å². The van der Waals surface area contributed by atoms with Gasteiger partial charge in [0.2, 0.25) is 0 Å². The van der Waals surface area contributed by atoms with E-state index in [2.05, 4.69) is 55.4 Å². The molecular weight excluding hydrogens is 1390 g/mol. The van der Waals surface area contributed by atoms with Crippen molar-refractivity contribution < 1.29 is 80.2 Å². The van der Waals surface area contributed by atoms with E-state index >= 15 is 0 Å². The van der Waals surface area contributed by atoms with E-state index in [9.17, 15) is 43.2 Å². The zero-order chi connectivity index (χ0) is 78.8. The first-order valence-corrected chi connectivity index (χ1v) is 48.2. The van der Waals surface area contributed by atoms with Crippen molar-refractivity contribution in [3.05, 3.63) is 0 Å². The van der Waals surface area contributed by atoms with Crippen LogP contribution in [0.4, 0.5) is 0 Å². The fraction of sp³-hybridized carbons (Fsp3) is 0.955. The average molecular weight is 1560 g/mol. The largest absolute Gasteiger partial charge is 0.472 e. The van der Waals surface area contributed by atoms with Crippen molar-refractivity contribution in [1.29, 1.82) is 0 Å². The molecule has 0 aromatic carbocycles. The van der Waals surface area contributed by atoms with E-state index in [1.54, 1.807) is 0 Å². The summed E-state index contributed by atoms with van der Waals surface area (Å²) in [5, 5.41) is 10.7. The molecule has 0 bridgehead atoms. The summed E-state index contributed by atoms with van der Waals surface area (Å²) in [7, 11) is -9.93. The second-order valence-electron chi connectivity index (χ2n) is 33.3. The summed E-state index contributed by atoms with van der Waals surface area (Å²) in [5.74, 6) is 1.09. The Morgan fingerprint density at radius 2 is 0.449 bits per heavy atom. The standard InChI is InChI=1S/C88H172O17P2/c1-9-81(8)67-59-51-43-38-39-45-53-61-69-86(91)99-75-84(105-88(93)71-63-55-47-37-31-25-19-17-22-28-34-42-50-58-66-80(6)7)77-103-107(96,97)101-73-82(89)72-100-106(94,95)102-76-83(74-98-85(90)68-60-52-44-35-29-23-18-16-21-27-33-41-49-57-65-79(4)5)104-87(92)70-62-54-46-36-30-24-15-13-11-10-12-14-20-26-32-40-48-56-64-78(2)3/h78-84,89H,9-77H2,1-8H3,(H,94,95)(H,96,97)/t81?,82-,83-,84-/m1/s1. The first kappa shape index (κ1) is 105. The van der Waals surface area contributed by atoms with Crippen LogP contribution in [0.5, 0.6) is 0 Å². The highest BCUT2D eigenvalue weighted by Crippen LogP contribution is 2.45. The number of carbonyl (C=O) groups excluding carboxylic acids is 4. The van der Waals surface area contributed by atoms with Crippen LogP contribution in [0, 0.1) is 23.7 Å². The Balaban J connectivity index is 5.26. The quantitative estimate of drug-likeness (QED) is 0.0222. The molecule has 0 saturated carbocycles. The average Bonchev–Trinajstić information content (AvgIpc) is 0.901. The van der Waals surface area contributed by atoms with Gasteiger partial charge >= 0.3 is 39.5 Å². The SMILES string of the molecule is CCC(C)CCCCCCCCCCC(=O)OC[C@H](COP(=O)(O)OC[C@H](O)COP(=O)(O)OC[C@@H](COC(=O)CCCCCCCCCCCCCCCCC(C)C)OC(=O)CCCCCCCCCCCCCCCCCCCCC(C)C)OC(=O)CCCCCCCCCCCCCCCCC(C)C. The summed E-state index contributed by atoms with van der Waals surface area (Å²) in [4.78, 5) is 73.3. The summed E-state index contributed by atoms with van der Waals surface area (Å²) in [5.41, 5.74) is 0. The van der Waals surface area contributed by atoms with Crippen molar-refractivity contribution in [1.82, 2.24) is 0 Å². The van der Waals surface area contributed by atoms with Crippen molar-refractivity contribution in [2.45, 2.75) is 478 Å². The molecule has 19 heteroatoms. The van der Waals surface area contributed by atoms with Crippen molar-refractivity contribution in [2.75, 3.05) is 39.6 Å². The predicted molar refractivity (Wildman–Crippen MR) is 441 cm³/mol. The first-order valence-electron chi connectivity index (χ1n) is 45.2. The molecule has 0 aliphatic rings. The smallest absolute Gasteiger partial charge is 0.462 e. The van der Waals surface area contributed by atoms with Crippen LogP contribution in [0.2, 0.25) is 0 Å². The summed E-state index contributed by atoms with van der Waals surface area (Å²) in [6.45, 7) is 14.4. The topological polar surface area (TPSA) is 237 Å². The number of phosphoric ester groups is 2. The summed E-state index contributed by atoms with van der Waals surface area (Å²) < 4.78 is 69.0. The second-order valence-corrected chi connectivity index (χ2v) is 36.2. The van der Waals surface area contributed by atoms with Crippen molar-refractivity contribution in [3.8, 4) is 0 Å². The van der Waals surface area contributed by atoms with Crippen LogP contribution in [0.1, 0.15) is 460 Å².